The number of hydrogen-bond donors (Lipinski definition) is 2. The van der Waals surface area contributed by atoms with Gasteiger partial charge in [-0.25, -0.2) is 0 Å². The number of likely N-dealkylation sites (tertiary alicyclic amines) is 1. The number of amides is 1. The monoisotopic (exact) mass is 256 g/mol. The van der Waals surface area contributed by atoms with Crippen LogP contribution in [0.3, 0.4) is 0 Å². The van der Waals surface area contributed by atoms with Crippen molar-refractivity contribution >= 4 is 11.9 Å². The zero-order valence-electron chi connectivity index (χ0n) is 11.7. The van der Waals surface area contributed by atoms with Gasteiger partial charge in [-0.3, -0.25) is 14.5 Å². The first-order valence-corrected chi connectivity index (χ1v) is 6.48. The maximum absolute atomic E-state index is 12.1. The number of hydrogen-bond acceptors (Lipinski definition) is 3. The van der Waals surface area contributed by atoms with Crippen molar-refractivity contribution in [3.05, 3.63) is 0 Å². The fourth-order valence-electron chi connectivity index (χ4n) is 2.64. The average Bonchev–Trinajstić information content (AvgIpc) is 2.24. The summed E-state index contributed by atoms with van der Waals surface area (Å²) in [5.74, 6) is -0.0914. The Morgan fingerprint density at radius 1 is 1.28 bits per heavy atom. The Balaban J connectivity index is 2.66. The first kappa shape index (κ1) is 15.0. The molecule has 104 valence electrons. The van der Waals surface area contributed by atoms with Gasteiger partial charge in [-0.05, 0) is 32.1 Å². The van der Waals surface area contributed by atoms with Gasteiger partial charge in [-0.2, -0.15) is 0 Å². The zero-order chi connectivity index (χ0) is 13.9. The van der Waals surface area contributed by atoms with Crippen LogP contribution in [0.5, 0.6) is 0 Å². The van der Waals surface area contributed by atoms with Crippen LogP contribution in [-0.4, -0.2) is 47.1 Å². The van der Waals surface area contributed by atoms with Gasteiger partial charge in [0.05, 0.1) is 5.54 Å². The van der Waals surface area contributed by atoms with Gasteiger partial charge in [-0.1, -0.05) is 13.8 Å². The average molecular weight is 256 g/mol. The molecule has 2 unspecified atom stereocenters. The summed E-state index contributed by atoms with van der Waals surface area (Å²) in [6, 6.07) is 0. The first-order valence-electron chi connectivity index (χ1n) is 6.48. The molecule has 0 aromatic carbocycles. The third-order valence-corrected chi connectivity index (χ3v) is 3.62. The largest absolute Gasteiger partial charge is 0.480 e. The molecule has 0 aliphatic carbocycles. The van der Waals surface area contributed by atoms with Gasteiger partial charge < -0.3 is 10.4 Å². The molecule has 1 aliphatic rings. The van der Waals surface area contributed by atoms with Crippen molar-refractivity contribution < 1.29 is 14.7 Å². The lowest BCUT2D eigenvalue weighted by atomic mass is 9.87. The highest BCUT2D eigenvalue weighted by atomic mass is 16.4. The van der Waals surface area contributed by atoms with Crippen LogP contribution in [0.2, 0.25) is 0 Å². The number of carboxylic acid groups (broad SMARTS) is 1. The van der Waals surface area contributed by atoms with Crippen molar-refractivity contribution in [1.29, 1.82) is 0 Å². The van der Waals surface area contributed by atoms with E-state index in [0.29, 0.717) is 11.8 Å². The maximum atomic E-state index is 12.1. The highest BCUT2D eigenvalue weighted by molar-refractivity contribution is 5.88. The summed E-state index contributed by atoms with van der Waals surface area (Å²) >= 11 is 0. The Kier molecular flexibility index (Phi) is 4.73. The summed E-state index contributed by atoms with van der Waals surface area (Å²) in [5, 5.41) is 11.1. The van der Waals surface area contributed by atoms with Gasteiger partial charge in [0, 0.05) is 13.1 Å². The van der Waals surface area contributed by atoms with Crippen molar-refractivity contribution in [3.63, 3.8) is 0 Å². The molecule has 0 saturated carbocycles. The van der Waals surface area contributed by atoms with Gasteiger partial charge in [0.15, 0.2) is 0 Å². The van der Waals surface area contributed by atoms with Gasteiger partial charge in [0.25, 0.3) is 0 Å². The smallest absolute Gasteiger partial charge is 0.322 e. The molecule has 1 saturated heterocycles. The topological polar surface area (TPSA) is 69.6 Å². The van der Waals surface area contributed by atoms with Crippen LogP contribution in [0.25, 0.3) is 0 Å². The minimum absolute atomic E-state index is 0.216. The lowest BCUT2D eigenvalue weighted by Crippen LogP contribution is -2.59. The van der Waals surface area contributed by atoms with E-state index in [4.69, 9.17) is 5.11 Å². The summed E-state index contributed by atoms with van der Waals surface area (Å²) in [6.45, 7) is 9.54. The number of aliphatic carboxylic acids is 1. The minimum Gasteiger partial charge on any atom is -0.480 e. The highest BCUT2D eigenvalue weighted by Crippen LogP contribution is 2.27. The Labute approximate surface area is 109 Å². The third kappa shape index (κ3) is 3.70. The maximum Gasteiger partial charge on any atom is 0.322 e. The van der Waals surface area contributed by atoms with Crippen molar-refractivity contribution in [1.82, 2.24) is 10.2 Å². The summed E-state index contributed by atoms with van der Waals surface area (Å²) < 4.78 is 0. The van der Waals surface area contributed by atoms with E-state index in [-0.39, 0.29) is 12.5 Å². The van der Waals surface area contributed by atoms with E-state index < -0.39 is 11.5 Å². The molecule has 5 heteroatoms. The second kappa shape index (κ2) is 5.69. The molecule has 18 heavy (non-hydrogen) atoms. The quantitative estimate of drug-likeness (QED) is 0.785. The van der Waals surface area contributed by atoms with Gasteiger partial charge in [0.2, 0.25) is 5.91 Å². The minimum atomic E-state index is -1.01. The van der Waals surface area contributed by atoms with Crippen molar-refractivity contribution in [2.75, 3.05) is 19.6 Å². The highest BCUT2D eigenvalue weighted by Gasteiger charge is 2.38. The van der Waals surface area contributed by atoms with Crippen LogP contribution in [-0.2, 0) is 9.59 Å². The van der Waals surface area contributed by atoms with Crippen LogP contribution in [0.4, 0.5) is 0 Å². The summed E-state index contributed by atoms with van der Waals surface area (Å²) in [5.41, 5.74) is -0.654. The van der Waals surface area contributed by atoms with Crippen LogP contribution in [0.15, 0.2) is 0 Å². The molecule has 2 N–H and O–H groups in total. The summed E-state index contributed by atoms with van der Waals surface area (Å²) in [4.78, 5) is 24.7. The fourth-order valence-corrected chi connectivity index (χ4v) is 2.64. The SMILES string of the molecule is CC1CC(C)CN(C(C)(C)C(=O)NCC(=O)O)C1. The normalized spacial score (nSPS) is 25.8. The number of carbonyl (C=O) groups excluding carboxylic acids is 1. The van der Waals surface area contributed by atoms with E-state index in [1.165, 1.54) is 6.42 Å². The second-order valence-corrected chi connectivity index (χ2v) is 5.99. The van der Waals surface area contributed by atoms with Crippen LogP contribution in [0, 0.1) is 11.8 Å². The van der Waals surface area contributed by atoms with Gasteiger partial charge in [-0.15, -0.1) is 0 Å². The second-order valence-electron chi connectivity index (χ2n) is 5.99. The predicted octanol–water partition coefficient (Wildman–Crippen LogP) is 0.944. The molecule has 1 amide bonds. The summed E-state index contributed by atoms with van der Waals surface area (Å²) in [6.07, 6.45) is 1.18. The van der Waals surface area contributed by atoms with Crippen LogP contribution >= 0.6 is 0 Å². The third-order valence-electron chi connectivity index (χ3n) is 3.62. The Morgan fingerprint density at radius 2 is 1.78 bits per heavy atom. The van der Waals surface area contributed by atoms with Crippen LogP contribution < -0.4 is 5.32 Å². The zero-order valence-corrected chi connectivity index (χ0v) is 11.7. The molecule has 0 bridgehead atoms. The van der Waals surface area contributed by atoms with Crippen molar-refractivity contribution in [3.8, 4) is 0 Å². The van der Waals surface area contributed by atoms with Gasteiger partial charge in [0.1, 0.15) is 6.54 Å². The van der Waals surface area contributed by atoms with E-state index in [1.54, 1.807) is 0 Å². The van der Waals surface area contributed by atoms with Crippen molar-refractivity contribution in [2.45, 2.75) is 39.7 Å². The molecule has 5 nitrogen and oxygen atoms in total. The predicted molar refractivity (Wildman–Crippen MR) is 69.2 cm³/mol. The Morgan fingerprint density at radius 3 is 2.22 bits per heavy atom. The molecule has 0 radical (unpaired) electrons. The molecule has 0 spiro atoms. The molecular formula is C13H24N2O3. The molecule has 1 fully saturated rings. The lowest BCUT2D eigenvalue weighted by Gasteiger charge is -2.44. The van der Waals surface area contributed by atoms with E-state index in [2.05, 4.69) is 24.1 Å². The van der Waals surface area contributed by atoms with E-state index >= 15 is 0 Å². The molecular weight excluding hydrogens is 232 g/mol. The van der Waals surface area contributed by atoms with E-state index in [9.17, 15) is 9.59 Å². The number of piperidine rings is 1. The molecule has 1 aliphatic heterocycles. The number of nitrogens with one attached hydrogen (secondary N) is 1. The van der Waals surface area contributed by atoms with E-state index in [0.717, 1.165) is 13.1 Å². The molecule has 1 rings (SSSR count). The van der Waals surface area contributed by atoms with Crippen molar-refractivity contribution in [2.24, 2.45) is 11.8 Å². The van der Waals surface area contributed by atoms with Crippen LogP contribution in [0.1, 0.15) is 34.1 Å². The van der Waals surface area contributed by atoms with Gasteiger partial charge >= 0.3 is 5.97 Å². The number of rotatable bonds is 4. The molecule has 0 aromatic heterocycles. The standard InChI is InChI=1S/C13H24N2O3/c1-9-5-10(2)8-15(7-9)13(3,4)12(18)14-6-11(16)17/h9-10H,5-8H2,1-4H3,(H,14,18)(H,16,17). The molecule has 0 aromatic rings. The lowest BCUT2D eigenvalue weighted by molar-refractivity contribution is -0.141. The fraction of sp³-hybridized carbons (Fsp3) is 0.846. The summed E-state index contributed by atoms with van der Waals surface area (Å²) in [7, 11) is 0. The Bertz CT molecular complexity index is 318. The number of nitrogens with zero attached hydrogens (tertiary/aromatic N) is 1. The molecule has 2 atom stereocenters. The first-order chi connectivity index (χ1) is 8.23. The number of carbonyl (C=O) groups is 2. The van der Waals surface area contributed by atoms with E-state index in [1.807, 2.05) is 13.8 Å². The Hall–Kier alpha value is -1.10. The number of carboxylic acids is 1. The molecule has 1 heterocycles.